The summed E-state index contributed by atoms with van der Waals surface area (Å²) in [4.78, 5) is 0. The second-order valence-corrected chi connectivity index (χ2v) is 3.48. The number of aliphatic hydroxyl groups excluding tert-OH is 2. The Morgan fingerprint density at radius 3 is 2.86 bits per heavy atom. The van der Waals surface area contributed by atoms with Crippen LogP contribution in [0, 0.1) is 5.92 Å². The lowest BCUT2D eigenvalue weighted by Gasteiger charge is -2.12. The molecule has 0 aliphatic heterocycles. The highest BCUT2D eigenvalue weighted by Crippen LogP contribution is 2.11. The molecular weight excluding hydrogens is 182 g/mol. The molecule has 0 aromatic carbocycles. The van der Waals surface area contributed by atoms with Crippen molar-refractivity contribution in [1.29, 1.82) is 0 Å². The van der Waals surface area contributed by atoms with Crippen molar-refractivity contribution in [1.82, 2.24) is 5.32 Å². The minimum absolute atomic E-state index is 0.157. The Balaban J connectivity index is 2.19. The minimum atomic E-state index is -0.615. The Morgan fingerprint density at radius 1 is 1.50 bits per heavy atom. The van der Waals surface area contributed by atoms with Crippen molar-refractivity contribution in [3.05, 3.63) is 24.2 Å². The van der Waals surface area contributed by atoms with Crippen molar-refractivity contribution in [2.45, 2.75) is 13.0 Å². The van der Waals surface area contributed by atoms with Crippen LogP contribution in [0.3, 0.4) is 0 Å². The van der Waals surface area contributed by atoms with Gasteiger partial charge in [0.1, 0.15) is 11.9 Å². The SMILES string of the molecule is CC(CO)CNCC(O)c1ccco1. The van der Waals surface area contributed by atoms with Crippen LogP contribution in [0.15, 0.2) is 22.8 Å². The van der Waals surface area contributed by atoms with E-state index >= 15 is 0 Å². The molecule has 0 aliphatic carbocycles. The van der Waals surface area contributed by atoms with Crippen molar-refractivity contribution in [3.63, 3.8) is 0 Å². The number of hydrogen-bond acceptors (Lipinski definition) is 4. The van der Waals surface area contributed by atoms with Gasteiger partial charge in [0.05, 0.1) is 6.26 Å². The van der Waals surface area contributed by atoms with Gasteiger partial charge >= 0.3 is 0 Å². The molecule has 0 fully saturated rings. The normalized spacial score (nSPS) is 15.4. The zero-order valence-corrected chi connectivity index (χ0v) is 8.31. The summed E-state index contributed by atoms with van der Waals surface area (Å²) in [5.41, 5.74) is 0. The molecular formula is C10H17NO3. The molecule has 0 bridgehead atoms. The fraction of sp³-hybridized carbons (Fsp3) is 0.600. The summed E-state index contributed by atoms with van der Waals surface area (Å²) in [7, 11) is 0. The average molecular weight is 199 g/mol. The first-order valence-corrected chi connectivity index (χ1v) is 4.77. The Hall–Kier alpha value is -0.840. The summed E-state index contributed by atoms with van der Waals surface area (Å²) in [5.74, 6) is 0.771. The summed E-state index contributed by atoms with van der Waals surface area (Å²) in [5, 5.41) is 21.4. The van der Waals surface area contributed by atoms with E-state index in [9.17, 15) is 5.11 Å². The molecule has 4 nitrogen and oxygen atoms in total. The molecule has 2 atom stereocenters. The first kappa shape index (κ1) is 11.2. The maximum atomic E-state index is 9.58. The average Bonchev–Trinajstić information content (AvgIpc) is 2.70. The number of nitrogens with one attached hydrogen (secondary N) is 1. The first-order valence-electron chi connectivity index (χ1n) is 4.77. The molecule has 1 aromatic rings. The third-order valence-corrected chi connectivity index (χ3v) is 2.01. The van der Waals surface area contributed by atoms with Crippen LogP contribution >= 0.6 is 0 Å². The van der Waals surface area contributed by atoms with E-state index in [1.165, 1.54) is 6.26 Å². The van der Waals surface area contributed by atoms with Crippen LogP contribution in [-0.2, 0) is 0 Å². The lowest BCUT2D eigenvalue weighted by Crippen LogP contribution is -2.27. The van der Waals surface area contributed by atoms with Crippen molar-refractivity contribution >= 4 is 0 Å². The van der Waals surface area contributed by atoms with Gasteiger partial charge in [-0.05, 0) is 24.6 Å². The van der Waals surface area contributed by atoms with Crippen molar-refractivity contribution in [2.24, 2.45) is 5.92 Å². The van der Waals surface area contributed by atoms with Gasteiger partial charge in [0, 0.05) is 13.2 Å². The third-order valence-electron chi connectivity index (χ3n) is 2.01. The van der Waals surface area contributed by atoms with Crippen LogP contribution in [0.4, 0.5) is 0 Å². The quantitative estimate of drug-likeness (QED) is 0.625. The molecule has 0 amide bonds. The summed E-state index contributed by atoms with van der Waals surface area (Å²) in [6.07, 6.45) is 0.922. The smallest absolute Gasteiger partial charge is 0.133 e. The first-order chi connectivity index (χ1) is 6.74. The molecule has 1 heterocycles. The van der Waals surface area contributed by atoms with Crippen LogP contribution in [-0.4, -0.2) is 29.9 Å². The monoisotopic (exact) mass is 199 g/mol. The standard InChI is InChI=1S/C10H17NO3/c1-8(7-12)5-11-6-9(13)10-3-2-4-14-10/h2-4,8-9,11-13H,5-7H2,1H3. The molecule has 0 radical (unpaired) electrons. The van der Waals surface area contributed by atoms with Crippen LogP contribution in [0.1, 0.15) is 18.8 Å². The molecule has 0 saturated carbocycles. The van der Waals surface area contributed by atoms with E-state index in [1.54, 1.807) is 12.1 Å². The predicted molar refractivity (Wildman–Crippen MR) is 52.8 cm³/mol. The Kier molecular flexibility index (Phi) is 4.65. The van der Waals surface area contributed by atoms with E-state index in [0.717, 1.165) is 0 Å². The molecule has 1 aromatic heterocycles. The fourth-order valence-corrected chi connectivity index (χ4v) is 1.11. The van der Waals surface area contributed by atoms with E-state index in [-0.39, 0.29) is 12.5 Å². The van der Waals surface area contributed by atoms with Crippen molar-refractivity contribution in [2.75, 3.05) is 19.7 Å². The highest BCUT2D eigenvalue weighted by molar-refractivity contribution is 5.02. The van der Waals surface area contributed by atoms with Crippen molar-refractivity contribution in [3.8, 4) is 0 Å². The van der Waals surface area contributed by atoms with Gasteiger partial charge in [-0.1, -0.05) is 6.92 Å². The summed E-state index contributed by atoms with van der Waals surface area (Å²) < 4.78 is 5.04. The second kappa shape index (κ2) is 5.80. The topological polar surface area (TPSA) is 65.6 Å². The van der Waals surface area contributed by atoms with Crippen LogP contribution in [0.25, 0.3) is 0 Å². The largest absolute Gasteiger partial charge is 0.467 e. The Morgan fingerprint density at radius 2 is 2.29 bits per heavy atom. The number of furan rings is 1. The van der Waals surface area contributed by atoms with E-state index in [4.69, 9.17) is 9.52 Å². The van der Waals surface area contributed by atoms with E-state index in [0.29, 0.717) is 18.8 Å². The molecule has 3 N–H and O–H groups in total. The maximum Gasteiger partial charge on any atom is 0.133 e. The van der Waals surface area contributed by atoms with Gasteiger partial charge in [-0.25, -0.2) is 0 Å². The van der Waals surface area contributed by atoms with Gasteiger partial charge in [-0.2, -0.15) is 0 Å². The molecule has 0 aliphatic rings. The zero-order chi connectivity index (χ0) is 10.4. The fourth-order valence-electron chi connectivity index (χ4n) is 1.11. The Bertz CT molecular complexity index is 236. The number of hydrogen-bond donors (Lipinski definition) is 3. The minimum Gasteiger partial charge on any atom is -0.467 e. The van der Waals surface area contributed by atoms with Gasteiger partial charge < -0.3 is 19.9 Å². The van der Waals surface area contributed by atoms with Crippen LogP contribution < -0.4 is 5.32 Å². The second-order valence-electron chi connectivity index (χ2n) is 3.48. The predicted octanol–water partition coefficient (Wildman–Crippen LogP) is 0.531. The van der Waals surface area contributed by atoms with Crippen LogP contribution in [0.2, 0.25) is 0 Å². The molecule has 1 rings (SSSR count). The number of aliphatic hydroxyl groups is 2. The Labute approximate surface area is 83.6 Å². The molecule has 0 spiro atoms. The van der Waals surface area contributed by atoms with Crippen LogP contribution in [0.5, 0.6) is 0 Å². The molecule has 4 heteroatoms. The summed E-state index contributed by atoms with van der Waals surface area (Å²) in [6.45, 7) is 3.22. The zero-order valence-electron chi connectivity index (χ0n) is 8.31. The van der Waals surface area contributed by atoms with Gasteiger partial charge in [0.25, 0.3) is 0 Å². The lowest BCUT2D eigenvalue weighted by molar-refractivity contribution is 0.143. The van der Waals surface area contributed by atoms with Gasteiger partial charge in [-0.3, -0.25) is 0 Å². The van der Waals surface area contributed by atoms with Gasteiger partial charge in [-0.15, -0.1) is 0 Å². The molecule has 2 unspecified atom stereocenters. The van der Waals surface area contributed by atoms with E-state index in [1.807, 2.05) is 6.92 Å². The van der Waals surface area contributed by atoms with Crippen molar-refractivity contribution < 1.29 is 14.6 Å². The maximum absolute atomic E-state index is 9.58. The summed E-state index contributed by atoms with van der Waals surface area (Å²) in [6, 6.07) is 3.48. The van der Waals surface area contributed by atoms with E-state index in [2.05, 4.69) is 5.32 Å². The molecule has 14 heavy (non-hydrogen) atoms. The molecule has 80 valence electrons. The lowest BCUT2D eigenvalue weighted by atomic mass is 10.2. The number of rotatable bonds is 6. The highest BCUT2D eigenvalue weighted by atomic mass is 16.4. The highest BCUT2D eigenvalue weighted by Gasteiger charge is 2.09. The van der Waals surface area contributed by atoms with E-state index < -0.39 is 6.10 Å². The van der Waals surface area contributed by atoms with Gasteiger partial charge in [0.2, 0.25) is 0 Å². The third kappa shape index (κ3) is 3.49. The van der Waals surface area contributed by atoms with Gasteiger partial charge in [0.15, 0.2) is 0 Å². The molecule has 0 saturated heterocycles. The summed E-state index contributed by atoms with van der Waals surface area (Å²) >= 11 is 0.